The number of esters is 1. The van der Waals surface area contributed by atoms with Gasteiger partial charge in [-0.15, -0.1) is 11.8 Å². The lowest BCUT2D eigenvalue weighted by atomic mass is 9.77. The predicted octanol–water partition coefficient (Wildman–Crippen LogP) is 11.9. The molecule has 0 fully saturated rings. The molecule has 2 heterocycles. The van der Waals surface area contributed by atoms with Crippen LogP contribution >= 0.6 is 35.0 Å². The first-order chi connectivity index (χ1) is 26.2. The fourth-order valence-electron chi connectivity index (χ4n) is 7.45. The molecule has 0 bridgehead atoms. The van der Waals surface area contributed by atoms with Crippen LogP contribution < -0.4 is 14.2 Å². The second-order valence-electron chi connectivity index (χ2n) is 13.6. The lowest BCUT2D eigenvalue weighted by Gasteiger charge is -2.40. The highest BCUT2D eigenvalue weighted by Crippen LogP contribution is 2.61. The van der Waals surface area contributed by atoms with E-state index in [1.54, 1.807) is 18.2 Å². The van der Waals surface area contributed by atoms with Crippen molar-refractivity contribution in [3.05, 3.63) is 201 Å². The smallest absolute Gasteiger partial charge is 0.327 e. The highest BCUT2D eigenvalue weighted by molar-refractivity contribution is 8.02. The molecule has 0 radical (unpaired) electrons. The molecule has 8 rings (SSSR count). The molecule has 270 valence electrons. The molecule has 5 nitrogen and oxygen atoms in total. The van der Waals surface area contributed by atoms with E-state index in [0.29, 0.717) is 30.3 Å². The van der Waals surface area contributed by atoms with Crippen molar-refractivity contribution in [3.63, 3.8) is 0 Å². The van der Waals surface area contributed by atoms with Crippen LogP contribution in [-0.4, -0.2) is 17.3 Å². The van der Waals surface area contributed by atoms with E-state index in [0.717, 1.165) is 33.4 Å². The Morgan fingerprint density at radius 2 is 1.39 bits per heavy atom. The van der Waals surface area contributed by atoms with Crippen molar-refractivity contribution in [2.24, 2.45) is 0 Å². The summed E-state index contributed by atoms with van der Waals surface area (Å²) in [5.41, 5.74) is 5.34. The minimum absolute atomic E-state index is 0.00411. The van der Waals surface area contributed by atoms with Crippen LogP contribution in [0, 0.1) is 0 Å². The molecule has 1 atom stereocenters. The molecule has 0 saturated heterocycles. The molecular weight excluding hydrogens is 735 g/mol. The number of carbonyl (C=O) groups excluding carboxylic acids is 1. The molecule has 6 aromatic carbocycles. The number of hydrogen-bond donors (Lipinski definition) is 0. The largest absolute Gasteiger partial charge is 0.489 e. The Kier molecular flexibility index (Phi) is 9.57. The molecule has 0 aliphatic carbocycles. The number of benzene rings is 6. The van der Waals surface area contributed by atoms with E-state index in [-0.39, 0.29) is 21.5 Å². The molecular formula is C46H36Cl2O5S. The van der Waals surface area contributed by atoms with E-state index in [9.17, 15) is 4.79 Å². The van der Waals surface area contributed by atoms with Crippen molar-refractivity contribution in [1.82, 2.24) is 0 Å². The Morgan fingerprint density at radius 3 is 2.00 bits per heavy atom. The molecule has 0 aromatic heterocycles. The normalized spacial score (nSPS) is 15.8. The van der Waals surface area contributed by atoms with Gasteiger partial charge in [-0.25, -0.2) is 0 Å². The minimum Gasteiger partial charge on any atom is -0.489 e. The molecule has 8 heteroatoms. The highest BCUT2D eigenvalue weighted by atomic mass is 35.5. The summed E-state index contributed by atoms with van der Waals surface area (Å²) in [5, 5.41) is 0.209. The van der Waals surface area contributed by atoms with Gasteiger partial charge in [-0.05, 0) is 59.9 Å². The van der Waals surface area contributed by atoms with Crippen LogP contribution in [0.3, 0.4) is 0 Å². The highest BCUT2D eigenvalue weighted by Gasteiger charge is 2.51. The molecule has 6 aromatic rings. The van der Waals surface area contributed by atoms with E-state index < -0.39 is 21.1 Å². The van der Waals surface area contributed by atoms with Crippen LogP contribution in [0.25, 0.3) is 0 Å². The second-order valence-corrected chi connectivity index (χ2v) is 16.3. The summed E-state index contributed by atoms with van der Waals surface area (Å²) < 4.78 is 23.5. The summed E-state index contributed by atoms with van der Waals surface area (Å²) >= 11 is 15.8. The third-order valence-electron chi connectivity index (χ3n) is 9.90. The molecule has 2 aliphatic rings. The van der Waals surface area contributed by atoms with Gasteiger partial charge < -0.3 is 18.9 Å². The Bertz CT molecular complexity index is 2270. The van der Waals surface area contributed by atoms with Crippen LogP contribution in [0.5, 0.6) is 23.0 Å². The number of thioether (sulfide) groups is 1. The average Bonchev–Trinajstić information content (AvgIpc) is 3.59. The van der Waals surface area contributed by atoms with Gasteiger partial charge in [0.2, 0.25) is 0 Å². The number of rotatable bonds is 10. The number of ether oxygens (including phenoxy) is 4. The lowest BCUT2D eigenvalue weighted by molar-refractivity contribution is -0.136. The minimum atomic E-state index is -1.14. The Balaban J connectivity index is 1.22. The number of hydrogen-bond acceptors (Lipinski definition) is 6. The van der Waals surface area contributed by atoms with Crippen molar-refractivity contribution in [3.8, 4) is 23.0 Å². The monoisotopic (exact) mass is 770 g/mol. The van der Waals surface area contributed by atoms with Crippen LogP contribution in [0.15, 0.2) is 152 Å². The molecule has 1 unspecified atom stereocenters. The summed E-state index contributed by atoms with van der Waals surface area (Å²) in [6.07, 6.45) is 1.68. The van der Waals surface area contributed by atoms with E-state index >= 15 is 0 Å². The Hall–Kier alpha value is -4.98. The molecule has 54 heavy (non-hydrogen) atoms. The van der Waals surface area contributed by atoms with E-state index in [2.05, 4.69) is 43.0 Å². The van der Waals surface area contributed by atoms with Crippen molar-refractivity contribution in [2.45, 2.75) is 35.5 Å². The molecule has 0 saturated carbocycles. The summed E-state index contributed by atoms with van der Waals surface area (Å²) in [4.78, 5) is 14.6. The van der Waals surface area contributed by atoms with E-state index in [1.807, 2.05) is 105 Å². The molecule has 2 aliphatic heterocycles. The van der Waals surface area contributed by atoms with Gasteiger partial charge in [-0.1, -0.05) is 151 Å². The summed E-state index contributed by atoms with van der Waals surface area (Å²) in [5.74, 6) is 0.845. The van der Waals surface area contributed by atoms with Gasteiger partial charge in [-0.2, -0.15) is 0 Å². The van der Waals surface area contributed by atoms with E-state index in [4.69, 9.17) is 42.1 Å². The number of halogens is 2. The maximum atomic E-state index is 14.6. The van der Waals surface area contributed by atoms with Crippen molar-refractivity contribution in [1.29, 1.82) is 0 Å². The number of carbonyl (C=O) groups is 1. The zero-order valence-electron chi connectivity index (χ0n) is 29.7. The van der Waals surface area contributed by atoms with Crippen LogP contribution in [-0.2, 0) is 26.5 Å². The first kappa shape index (κ1) is 36.0. The predicted molar refractivity (Wildman–Crippen MR) is 216 cm³/mol. The topological polar surface area (TPSA) is 54.0 Å². The molecule has 0 N–H and O–H groups in total. The Morgan fingerprint density at radius 1 is 0.796 bits per heavy atom. The average molecular weight is 772 g/mol. The quantitative estimate of drug-likeness (QED) is 0.0598. The third-order valence-corrected chi connectivity index (χ3v) is 12.2. The second kappa shape index (κ2) is 14.3. The summed E-state index contributed by atoms with van der Waals surface area (Å²) in [6, 6.07) is 46.0. The fourth-order valence-corrected chi connectivity index (χ4v) is 9.67. The van der Waals surface area contributed by atoms with Crippen LogP contribution in [0.1, 0.15) is 52.8 Å². The fraction of sp³-hybridized carbons (Fsp3) is 0.152. The maximum Gasteiger partial charge on any atom is 0.327 e. The van der Waals surface area contributed by atoms with Crippen molar-refractivity contribution < 1.29 is 23.7 Å². The first-order valence-corrected chi connectivity index (χ1v) is 19.2. The van der Waals surface area contributed by atoms with Crippen LogP contribution in [0.2, 0.25) is 10.0 Å². The standard InChI is InChI=1S/C46H36Cl2O5S/c1-4-26-50-34-24-25-36-39(27-34)52-41-37(45(36)35-23-15-14-16-30(35)29-51-45)28-38(47)42(40(41)48)53-43(49)44(2,3)54-46(31-17-8-5-9-18-31,32-19-10-6-11-20-32)33-21-12-7-13-22-33/h4-25,27-28H,1,26,29H2,2-3H3. The van der Waals surface area contributed by atoms with Crippen molar-refractivity contribution >= 4 is 40.9 Å². The summed E-state index contributed by atoms with van der Waals surface area (Å²) in [6.45, 7) is 8.18. The Labute approximate surface area is 329 Å². The van der Waals surface area contributed by atoms with Gasteiger partial charge in [-0.3, -0.25) is 4.79 Å². The maximum absolute atomic E-state index is 14.6. The first-order valence-electron chi connectivity index (χ1n) is 17.6. The van der Waals surface area contributed by atoms with Crippen molar-refractivity contribution in [2.75, 3.05) is 6.61 Å². The van der Waals surface area contributed by atoms with E-state index in [1.165, 1.54) is 11.8 Å². The van der Waals surface area contributed by atoms with Gasteiger partial charge in [0.05, 0.1) is 16.4 Å². The van der Waals surface area contributed by atoms with Gasteiger partial charge >= 0.3 is 5.97 Å². The van der Waals surface area contributed by atoms with Crippen LogP contribution in [0.4, 0.5) is 0 Å². The SMILES string of the molecule is C=CCOc1ccc2c(c1)Oc1c(cc(Cl)c(OC(=O)C(C)(C)SC(c3ccccc3)(c3ccccc3)c3ccccc3)c1Cl)C21OCc2ccccc21. The van der Waals surface area contributed by atoms with Gasteiger partial charge in [0.1, 0.15) is 27.9 Å². The zero-order valence-corrected chi connectivity index (χ0v) is 32.0. The van der Waals surface area contributed by atoms with Gasteiger partial charge in [0.15, 0.2) is 17.1 Å². The third kappa shape index (κ3) is 5.98. The zero-order chi connectivity index (χ0) is 37.5. The lowest BCUT2D eigenvalue weighted by Crippen LogP contribution is -2.39. The number of fused-ring (bicyclic) bond motifs is 6. The van der Waals surface area contributed by atoms with Gasteiger partial charge in [0.25, 0.3) is 0 Å². The van der Waals surface area contributed by atoms with Gasteiger partial charge in [0, 0.05) is 17.2 Å². The summed E-state index contributed by atoms with van der Waals surface area (Å²) in [7, 11) is 0. The molecule has 0 amide bonds. The molecule has 1 spiro atoms.